The van der Waals surface area contributed by atoms with Gasteiger partial charge in [-0.3, -0.25) is 4.79 Å². The summed E-state index contributed by atoms with van der Waals surface area (Å²) in [5, 5.41) is 3.14. The maximum Gasteiger partial charge on any atom is 0.220 e. The highest BCUT2D eigenvalue weighted by molar-refractivity contribution is 5.76. The van der Waals surface area contributed by atoms with E-state index in [0.717, 1.165) is 12.8 Å². The summed E-state index contributed by atoms with van der Waals surface area (Å²) >= 11 is 0. The summed E-state index contributed by atoms with van der Waals surface area (Å²) in [5.74, 6) is 0.558. The molecule has 3 rings (SSSR count). The predicted molar refractivity (Wildman–Crippen MR) is 94.5 cm³/mol. The topological polar surface area (TPSA) is 55.1 Å². The van der Waals surface area contributed by atoms with Crippen molar-refractivity contribution in [2.45, 2.75) is 63.8 Å². The van der Waals surface area contributed by atoms with Crippen LogP contribution >= 0.6 is 0 Å². The van der Waals surface area contributed by atoms with Crippen LogP contribution in [0, 0.1) is 5.82 Å². The second kappa shape index (κ2) is 8.79. The largest absolute Gasteiger partial charge is 0.441 e. The molecule has 1 aromatic heterocycles. The molecule has 1 aromatic carbocycles. The van der Waals surface area contributed by atoms with Crippen LogP contribution in [0.15, 0.2) is 34.9 Å². The second-order valence-corrected chi connectivity index (χ2v) is 6.71. The van der Waals surface area contributed by atoms with Gasteiger partial charge in [0, 0.05) is 18.9 Å². The van der Waals surface area contributed by atoms with Crippen molar-refractivity contribution < 1.29 is 13.6 Å². The number of aryl methyl sites for hydroxylation is 1. The van der Waals surface area contributed by atoms with Crippen LogP contribution in [0.5, 0.6) is 0 Å². The van der Waals surface area contributed by atoms with Crippen LogP contribution < -0.4 is 5.32 Å². The van der Waals surface area contributed by atoms with E-state index in [-0.39, 0.29) is 11.7 Å². The van der Waals surface area contributed by atoms with Crippen LogP contribution in [0.3, 0.4) is 0 Å². The highest BCUT2D eigenvalue weighted by Crippen LogP contribution is 2.23. The van der Waals surface area contributed by atoms with Crippen molar-refractivity contribution in [3.8, 4) is 11.3 Å². The van der Waals surface area contributed by atoms with E-state index in [4.69, 9.17) is 4.42 Å². The van der Waals surface area contributed by atoms with Crippen LogP contribution in [0.1, 0.15) is 57.3 Å². The van der Waals surface area contributed by atoms with Gasteiger partial charge >= 0.3 is 0 Å². The number of aromatic nitrogens is 1. The molecule has 1 aliphatic rings. The van der Waals surface area contributed by atoms with Crippen molar-refractivity contribution in [1.82, 2.24) is 10.3 Å². The molecule has 2 aromatic rings. The van der Waals surface area contributed by atoms with Gasteiger partial charge in [0.2, 0.25) is 5.91 Å². The first-order valence-electron chi connectivity index (χ1n) is 9.21. The van der Waals surface area contributed by atoms with E-state index >= 15 is 0 Å². The Morgan fingerprint density at radius 3 is 2.64 bits per heavy atom. The van der Waals surface area contributed by atoms with Crippen LogP contribution in [-0.2, 0) is 11.2 Å². The van der Waals surface area contributed by atoms with Gasteiger partial charge in [-0.15, -0.1) is 0 Å². The van der Waals surface area contributed by atoms with Gasteiger partial charge in [-0.05, 0) is 25.0 Å². The molecule has 0 bridgehead atoms. The van der Waals surface area contributed by atoms with Gasteiger partial charge in [0.1, 0.15) is 5.82 Å². The number of carbonyl (C=O) groups is 1. The van der Waals surface area contributed by atoms with Gasteiger partial charge in [0.25, 0.3) is 0 Å². The Labute approximate surface area is 147 Å². The molecule has 4 nitrogen and oxygen atoms in total. The molecule has 0 radical (unpaired) electrons. The fourth-order valence-corrected chi connectivity index (χ4v) is 3.33. The number of hydrogen-bond donors (Lipinski definition) is 1. The van der Waals surface area contributed by atoms with Crippen molar-refractivity contribution in [2.75, 3.05) is 0 Å². The summed E-state index contributed by atoms with van der Waals surface area (Å²) in [4.78, 5) is 16.3. The van der Waals surface area contributed by atoms with Gasteiger partial charge in [-0.2, -0.15) is 0 Å². The Kier molecular flexibility index (Phi) is 6.20. The Balaban J connectivity index is 1.50. The first kappa shape index (κ1) is 17.6. The summed E-state index contributed by atoms with van der Waals surface area (Å²) in [7, 11) is 0. The molecule has 0 unspecified atom stereocenters. The van der Waals surface area contributed by atoms with Gasteiger partial charge in [0.05, 0.1) is 11.8 Å². The maximum atomic E-state index is 13.8. The number of nitrogens with zero attached hydrogens (tertiary/aromatic N) is 1. The summed E-state index contributed by atoms with van der Waals surface area (Å²) in [6.07, 6.45) is 10.6. The lowest BCUT2D eigenvalue weighted by atomic mass is 9.96. The molecule has 0 aliphatic heterocycles. The minimum Gasteiger partial charge on any atom is -0.441 e. The minimum atomic E-state index is -0.341. The van der Waals surface area contributed by atoms with E-state index in [2.05, 4.69) is 10.3 Å². The monoisotopic (exact) mass is 344 g/mol. The van der Waals surface area contributed by atoms with Crippen molar-refractivity contribution in [3.05, 3.63) is 42.2 Å². The third kappa shape index (κ3) is 5.15. The second-order valence-electron chi connectivity index (χ2n) is 6.71. The summed E-state index contributed by atoms with van der Waals surface area (Å²) in [5.41, 5.74) is 0.389. The quantitative estimate of drug-likeness (QED) is 0.859. The SMILES string of the molecule is O=C(CCc1ncc(-c2ccccc2F)o1)NC1CCCCCCC1. The maximum absolute atomic E-state index is 13.8. The number of oxazole rings is 1. The summed E-state index contributed by atoms with van der Waals surface area (Å²) < 4.78 is 19.4. The van der Waals surface area contributed by atoms with Gasteiger partial charge < -0.3 is 9.73 Å². The lowest BCUT2D eigenvalue weighted by Crippen LogP contribution is -2.35. The molecule has 25 heavy (non-hydrogen) atoms. The molecule has 1 heterocycles. The highest BCUT2D eigenvalue weighted by atomic mass is 19.1. The molecule has 5 heteroatoms. The predicted octanol–water partition coefficient (Wildman–Crippen LogP) is 4.64. The number of carbonyl (C=O) groups excluding carboxylic acids is 1. The molecule has 0 atom stereocenters. The average Bonchev–Trinajstić information content (AvgIpc) is 3.04. The van der Waals surface area contributed by atoms with E-state index in [1.54, 1.807) is 18.2 Å². The smallest absolute Gasteiger partial charge is 0.220 e. The molecule has 134 valence electrons. The number of hydrogen-bond acceptors (Lipinski definition) is 3. The normalized spacial score (nSPS) is 16.2. The van der Waals surface area contributed by atoms with E-state index in [9.17, 15) is 9.18 Å². The third-order valence-corrected chi connectivity index (χ3v) is 4.73. The number of benzene rings is 1. The first-order chi connectivity index (χ1) is 12.2. The first-order valence-corrected chi connectivity index (χ1v) is 9.21. The molecular weight excluding hydrogens is 319 g/mol. The molecule has 1 fully saturated rings. The van der Waals surface area contributed by atoms with Crippen LogP contribution in [0.4, 0.5) is 4.39 Å². The third-order valence-electron chi connectivity index (χ3n) is 4.73. The molecular formula is C20H25FN2O2. The van der Waals surface area contributed by atoms with Crippen molar-refractivity contribution in [3.63, 3.8) is 0 Å². The standard InChI is InChI=1S/C20H25FN2O2/c21-17-11-7-6-10-16(17)18-14-22-20(25-18)13-12-19(24)23-15-8-4-2-1-3-5-9-15/h6-7,10-11,14-15H,1-5,8-9,12-13H2,(H,23,24). The number of halogens is 1. The number of amides is 1. The van der Waals surface area contributed by atoms with Crippen LogP contribution in [0.25, 0.3) is 11.3 Å². The van der Waals surface area contributed by atoms with Crippen LogP contribution in [-0.4, -0.2) is 16.9 Å². The van der Waals surface area contributed by atoms with Crippen LogP contribution in [0.2, 0.25) is 0 Å². The zero-order valence-electron chi connectivity index (χ0n) is 14.5. The number of rotatable bonds is 5. The zero-order valence-corrected chi connectivity index (χ0v) is 14.5. The Bertz CT molecular complexity index is 691. The fraction of sp³-hybridized carbons (Fsp3) is 0.500. The van der Waals surface area contributed by atoms with Gasteiger partial charge in [0.15, 0.2) is 11.7 Å². The van der Waals surface area contributed by atoms with E-state index in [1.165, 1.54) is 44.4 Å². The van der Waals surface area contributed by atoms with Gasteiger partial charge in [-0.1, -0.05) is 44.2 Å². The van der Waals surface area contributed by atoms with E-state index < -0.39 is 0 Å². The van der Waals surface area contributed by atoms with E-state index in [1.807, 2.05) is 0 Å². The summed E-state index contributed by atoms with van der Waals surface area (Å²) in [6, 6.07) is 6.73. The van der Waals surface area contributed by atoms with Crippen molar-refractivity contribution >= 4 is 5.91 Å². The number of nitrogens with one attached hydrogen (secondary N) is 1. The van der Waals surface area contributed by atoms with E-state index in [0.29, 0.717) is 36.1 Å². The molecule has 1 N–H and O–H groups in total. The molecule has 1 saturated carbocycles. The zero-order chi connectivity index (χ0) is 17.5. The summed E-state index contributed by atoms with van der Waals surface area (Å²) in [6.45, 7) is 0. The molecule has 0 saturated heterocycles. The average molecular weight is 344 g/mol. The Morgan fingerprint density at radius 2 is 1.88 bits per heavy atom. The van der Waals surface area contributed by atoms with Gasteiger partial charge in [-0.25, -0.2) is 9.37 Å². The van der Waals surface area contributed by atoms with Crippen molar-refractivity contribution in [2.24, 2.45) is 0 Å². The lowest BCUT2D eigenvalue weighted by Gasteiger charge is -2.20. The molecule has 1 aliphatic carbocycles. The molecule has 1 amide bonds. The fourth-order valence-electron chi connectivity index (χ4n) is 3.33. The van der Waals surface area contributed by atoms with Crippen molar-refractivity contribution in [1.29, 1.82) is 0 Å². The minimum absolute atomic E-state index is 0.0382. The lowest BCUT2D eigenvalue weighted by molar-refractivity contribution is -0.122. The Hall–Kier alpha value is -2.17. The molecule has 0 spiro atoms. The Morgan fingerprint density at radius 1 is 1.16 bits per heavy atom. The highest BCUT2D eigenvalue weighted by Gasteiger charge is 2.15.